The Morgan fingerprint density at radius 1 is 1.25 bits per heavy atom. The molecule has 0 N–H and O–H groups in total. The average Bonchev–Trinajstić information content (AvgIpc) is 2.98. The molecule has 146 valence electrons. The molecule has 0 aromatic heterocycles. The zero-order valence-corrected chi connectivity index (χ0v) is 17.1. The Morgan fingerprint density at radius 3 is 2.82 bits per heavy atom. The number of allylic oxidation sites excluding steroid dienone is 1. The molecule has 2 aromatic carbocycles. The van der Waals surface area contributed by atoms with E-state index in [0.29, 0.717) is 46.8 Å². The van der Waals surface area contributed by atoms with Crippen LogP contribution in [0.15, 0.2) is 30.0 Å². The normalized spacial score (nSPS) is 17.3. The number of Topliss-reactive ketones (excluding diaryl/α,β-unsaturated/α-hetero) is 1. The summed E-state index contributed by atoms with van der Waals surface area (Å²) < 4.78 is 17.0. The Hall–Kier alpha value is -2.05. The molecule has 5 nitrogen and oxygen atoms in total. The van der Waals surface area contributed by atoms with E-state index in [1.165, 1.54) is 0 Å². The van der Waals surface area contributed by atoms with Crippen molar-refractivity contribution >= 4 is 35.1 Å². The molecule has 0 saturated carbocycles. The molecule has 2 aliphatic rings. The predicted octanol–water partition coefficient (Wildman–Crippen LogP) is 4.72. The van der Waals surface area contributed by atoms with Gasteiger partial charge < -0.3 is 14.2 Å². The van der Waals surface area contributed by atoms with Gasteiger partial charge in [-0.2, -0.15) is 0 Å². The van der Waals surface area contributed by atoms with E-state index < -0.39 is 0 Å². The molecule has 0 spiro atoms. The fraction of sp³-hybridized carbons (Fsp3) is 0.286. The number of nitrogens with zero attached hydrogens (tertiary/aromatic N) is 1. The van der Waals surface area contributed by atoms with Crippen LogP contribution in [-0.4, -0.2) is 37.7 Å². The summed E-state index contributed by atoms with van der Waals surface area (Å²) >= 11 is 12.2. The van der Waals surface area contributed by atoms with Crippen LogP contribution in [0, 0.1) is 6.92 Å². The number of hydrogen-bond donors (Lipinski definition) is 0. The van der Waals surface area contributed by atoms with Crippen LogP contribution < -0.4 is 9.47 Å². The van der Waals surface area contributed by atoms with Crippen molar-refractivity contribution in [2.45, 2.75) is 13.5 Å². The number of hydrogen-bond acceptors (Lipinski definition) is 5. The van der Waals surface area contributed by atoms with Crippen LogP contribution in [-0.2, 0) is 11.3 Å². The van der Waals surface area contributed by atoms with E-state index in [4.69, 9.17) is 37.4 Å². The summed E-state index contributed by atoms with van der Waals surface area (Å²) in [7, 11) is 1.67. The lowest BCUT2D eigenvalue weighted by atomic mass is 10.00. The van der Waals surface area contributed by atoms with Gasteiger partial charge in [0.1, 0.15) is 18.2 Å². The number of fused-ring (bicyclic) bond motifs is 2. The van der Waals surface area contributed by atoms with Gasteiger partial charge in [-0.3, -0.25) is 9.69 Å². The molecular weight excluding hydrogens is 401 g/mol. The summed E-state index contributed by atoms with van der Waals surface area (Å²) in [5, 5.41) is 0.994. The van der Waals surface area contributed by atoms with Gasteiger partial charge >= 0.3 is 0 Å². The first-order valence-corrected chi connectivity index (χ1v) is 9.63. The molecule has 0 unspecified atom stereocenters. The second-order valence-electron chi connectivity index (χ2n) is 6.79. The minimum absolute atomic E-state index is 0.166. The van der Waals surface area contributed by atoms with Gasteiger partial charge in [0.05, 0.1) is 12.2 Å². The van der Waals surface area contributed by atoms with E-state index in [0.717, 1.165) is 23.4 Å². The molecule has 0 amide bonds. The molecule has 2 aromatic rings. The Labute approximate surface area is 173 Å². The van der Waals surface area contributed by atoms with Crippen molar-refractivity contribution in [3.8, 4) is 11.5 Å². The molecular formula is C21H19Cl2NO4. The number of methoxy groups -OCH3 is 1. The number of ketones is 1. The maximum atomic E-state index is 12.9. The van der Waals surface area contributed by atoms with Crippen molar-refractivity contribution in [2.24, 2.45) is 0 Å². The third-order valence-corrected chi connectivity index (χ3v) is 5.43. The van der Waals surface area contributed by atoms with Crippen LogP contribution in [0.3, 0.4) is 0 Å². The largest absolute Gasteiger partial charge is 0.477 e. The lowest BCUT2D eigenvalue weighted by Gasteiger charge is -2.30. The van der Waals surface area contributed by atoms with Gasteiger partial charge in [0.2, 0.25) is 5.78 Å². The second kappa shape index (κ2) is 7.76. The lowest BCUT2D eigenvalue weighted by Crippen LogP contribution is -2.34. The first kappa shape index (κ1) is 19.3. The van der Waals surface area contributed by atoms with Crippen molar-refractivity contribution in [1.29, 1.82) is 0 Å². The van der Waals surface area contributed by atoms with Gasteiger partial charge in [-0.1, -0.05) is 29.3 Å². The van der Waals surface area contributed by atoms with Gasteiger partial charge in [-0.25, -0.2) is 0 Å². The molecule has 7 heteroatoms. The third-order valence-electron chi connectivity index (χ3n) is 4.86. The first-order chi connectivity index (χ1) is 13.5. The molecule has 0 aliphatic carbocycles. The molecule has 0 atom stereocenters. The van der Waals surface area contributed by atoms with Crippen molar-refractivity contribution in [2.75, 3.05) is 27.0 Å². The topological polar surface area (TPSA) is 48.0 Å². The van der Waals surface area contributed by atoms with Crippen molar-refractivity contribution < 1.29 is 19.0 Å². The van der Waals surface area contributed by atoms with E-state index >= 15 is 0 Å². The van der Waals surface area contributed by atoms with E-state index in [-0.39, 0.29) is 11.5 Å². The summed E-state index contributed by atoms with van der Waals surface area (Å²) in [5.41, 5.74) is 3.02. The van der Waals surface area contributed by atoms with E-state index in [9.17, 15) is 4.79 Å². The zero-order chi connectivity index (χ0) is 19.8. The highest BCUT2D eigenvalue weighted by Gasteiger charge is 2.33. The van der Waals surface area contributed by atoms with Crippen molar-refractivity contribution in [1.82, 2.24) is 4.90 Å². The summed E-state index contributed by atoms with van der Waals surface area (Å²) in [6.45, 7) is 4.47. The smallest absolute Gasteiger partial charge is 0.231 e. The summed E-state index contributed by atoms with van der Waals surface area (Å²) in [4.78, 5) is 15.1. The highest BCUT2D eigenvalue weighted by atomic mass is 35.5. The van der Waals surface area contributed by atoms with E-state index in [1.807, 2.05) is 13.0 Å². The summed E-state index contributed by atoms with van der Waals surface area (Å²) in [6, 6.07) is 6.97. The summed E-state index contributed by atoms with van der Waals surface area (Å²) in [6.07, 6.45) is 1.64. The number of halogens is 2. The third kappa shape index (κ3) is 3.51. The highest BCUT2D eigenvalue weighted by Crippen LogP contribution is 2.43. The van der Waals surface area contributed by atoms with Gasteiger partial charge in [-0.05, 0) is 36.8 Å². The van der Waals surface area contributed by atoms with Gasteiger partial charge in [-0.15, -0.1) is 0 Å². The maximum Gasteiger partial charge on any atom is 0.231 e. The average molecular weight is 420 g/mol. The van der Waals surface area contributed by atoms with Gasteiger partial charge in [0.15, 0.2) is 5.76 Å². The fourth-order valence-corrected chi connectivity index (χ4v) is 3.88. The summed E-state index contributed by atoms with van der Waals surface area (Å²) in [5.74, 6) is 1.40. The molecule has 4 rings (SSSR count). The number of rotatable bonds is 4. The van der Waals surface area contributed by atoms with Crippen LogP contribution in [0.2, 0.25) is 10.0 Å². The second-order valence-corrected chi connectivity index (χ2v) is 7.63. The Kier molecular flexibility index (Phi) is 5.34. The molecule has 2 heterocycles. The van der Waals surface area contributed by atoms with Crippen LogP contribution in [0.1, 0.15) is 27.0 Å². The minimum Gasteiger partial charge on any atom is -0.477 e. The van der Waals surface area contributed by atoms with E-state index in [2.05, 4.69) is 4.90 Å². The first-order valence-electron chi connectivity index (χ1n) is 8.88. The van der Waals surface area contributed by atoms with Crippen LogP contribution >= 0.6 is 23.2 Å². The van der Waals surface area contributed by atoms with Gasteiger partial charge in [0.25, 0.3) is 0 Å². The molecule has 0 saturated heterocycles. The number of ether oxygens (including phenoxy) is 3. The lowest BCUT2D eigenvalue weighted by molar-refractivity contribution is 0.0649. The van der Waals surface area contributed by atoms with Crippen LogP contribution in [0.5, 0.6) is 11.5 Å². The quantitative estimate of drug-likeness (QED) is 0.671. The maximum absolute atomic E-state index is 12.9. The van der Waals surface area contributed by atoms with E-state index in [1.54, 1.807) is 31.4 Å². The molecule has 0 radical (unpaired) electrons. The number of carbonyl (C=O) groups is 1. The van der Waals surface area contributed by atoms with Crippen molar-refractivity contribution in [3.63, 3.8) is 0 Å². The number of carbonyl (C=O) groups excluding carboxylic acids is 1. The Morgan fingerprint density at radius 2 is 2.07 bits per heavy atom. The zero-order valence-electron chi connectivity index (χ0n) is 15.6. The number of benzene rings is 2. The van der Waals surface area contributed by atoms with Gasteiger partial charge in [0, 0.05) is 41.4 Å². The predicted molar refractivity (Wildman–Crippen MR) is 108 cm³/mol. The highest BCUT2D eigenvalue weighted by molar-refractivity contribution is 6.35. The SMILES string of the molecule is COCCN1COc2c(cc3c(c2C)O/C(=C\c2ccc(Cl)cc2Cl)C3=O)C1. The van der Waals surface area contributed by atoms with Crippen molar-refractivity contribution in [3.05, 3.63) is 62.3 Å². The Bertz CT molecular complexity index is 987. The fourth-order valence-electron chi connectivity index (χ4n) is 3.42. The Balaban J connectivity index is 1.66. The van der Waals surface area contributed by atoms with Crippen LogP contribution in [0.25, 0.3) is 6.08 Å². The molecule has 2 aliphatic heterocycles. The monoisotopic (exact) mass is 419 g/mol. The molecule has 0 bridgehead atoms. The molecule has 0 fully saturated rings. The minimum atomic E-state index is -0.166. The van der Waals surface area contributed by atoms with Crippen LogP contribution in [0.4, 0.5) is 0 Å². The molecule has 28 heavy (non-hydrogen) atoms. The standard InChI is InChI=1S/C21H19Cl2NO4/c1-12-20-14(10-24(11-27-20)5-6-26-2)7-16-19(25)18(28-21(12)16)8-13-3-4-15(22)9-17(13)23/h3-4,7-9H,5-6,10-11H2,1-2H3/b18-8-.